The smallest absolute Gasteiger partial charge is 0.0544 e. The van der Waals surface area contributed by atoms with Gasteiger partial charge in [0.1, 0.15) is 0 Å². The second-order valence-corrected chi connectivity index (χ2v) is 6.41. The van der Waals surface area contributed by atoms with Crippen LogP contribution in [0.15, 0.2) is 24.4 Å². The Morgan fingerprint density at radius 1 is 1.42 bits per heavy atom. The highest BCUT2D eigenvalue weighted by Gasteiger charge is 2.32. The first-order valence-electron chi connectivity index (χ1n) is 7.00. The molecule has 19 heavy (non-hydrogen) atoms. The summed E-state index contributed by atoms with van der Waals surface area (Å²) in [7, 11) is 4.28. The summed E-state index contributed by atoms with van der Waals surface area (Å²) in [5.74, 6) is 0. The van der Waals surface area contributed by atoms with Crippen LogP contribution in [0.1, 0.15) is 19.5 Å². The van der Waals surface area contributed by atoms with E-state index in [0.717, 1.165) is 31.9 Å². The lowest BCUT2D eigenvalue weighted by Crippen LogP contribution is -2.63. The van der Waals surface area contributed by atoms with E-state index in [2.05, 4.69) is 60.2 Å². The summed E-state index contributed by atoms with van der Waals surface area (Å²) >= 11 is 0. The zero-order chi connectivity index (χ0) is 13.9. The summed E-state index contributed by atoms with van der Waals surface area (Å²) in [4.78, 5) is 9.27. The third-order valence-electron chi connectivity index (χ3n) is 3.60. The zero-order valence-electron chi connectivity index (χ0n) is 12.6. The number of likely N-dealkylation sites (N-methyl/N-ethyl adjacent to an activating group) is 1. The number of hydrogen-bond acceptors (Lipinski definition) is 4. The van der Waals surface area contributed by atoms with E-state index in [1.807, 2.05) is 12.3 Å². The van der Waals surface area contributed by atoms with Crippen LogP contribution in [0.25, 0.3) is 0 Å². The van der Waals surface area contributed by atoms with E-state index in [-0.39, 0.29) is 5.54 Å². The maximum Gasteiger partial charge on any atom is 0.0544 e. The number of aromatic nitrogens is 1. The standard InChI is InChI=1S/C15H26N4/c1-15(2)12-19(10-13-7-5-6-8-16-13)14(9-17-15)11-18(3)4/h5-8,14,17H,9-12H2,1-4H3. The van der Waals surface area contributed by atoms with Gasteiger partial charge in [-0.25, -0.2) is 0 Å². The number of hydrogen-bond donors (Lipinski definition) is 1. The number of piperazine rings is 1. The Bertz CT molecular complexity index is 388. The molecule has 0 amide bonds. The van der Waals surface area contributed by atoms with Crippen LogP contribution in [0, 0.1) is 0 Å². The van der Waals surface area contributed by atoms with Crippen LogP contribution in [0.3, 0.4) is 0 Å². The highest BCUT2D eigenvalue weighted by molar-refractivity contribution is 5.05. The van der Waals surface area contributed by atoms with Gasteiger partial charge in [0.25, 0.3) is 0 Å². The fourth-order valence-corrected chi connectivity index (χ4v) is 2.70. The van der Waals surface area contributed by atoms with Gasteiger partial charge in [-0.05, 0) is 40.1 Å². The summed E-state index contributed by atoms with van der Waals surface area (Å²) < 4.78 is 0. The first-order valence-corrected chi connectivity index (χ1v) is 7.00. The molecule has 1 aliphatic heterocycles. The molecule has 0 aliphatic carbocycles. The van der Waals surface area contributed by atoms with Crippen LogP contribution in [-0.2, 0) is 6.54 Å². The third-order valence-corrected chi connectivity index (χ3v) is 3.60. The van der Waals surface area contributed by atoms with Crippen LogP contribution in [0.5, 0.6) is 0 Å². The third kappa shape index (κ3) is 4.27. The van der Waals surface area contributed by atoms with Crippen molar-refractivity contribution in [2.24, 2.45) is 0 Å². The van der Waals surface area contributed by atoms with E-state index in [0.29, 0.717) is 6.04 Å². The van der Waals surface area contributed by atoms with Crippen molar-refractivity contribution in [1.82, 2.24) is 20.1 Å². The van der Waals surface area contributed by atoms with E-state index >= 15 is 0 Å². The Hall–Kier alpha value is -0.970. The van der Waals surface area contributed by atoms with Gasteiger partial charge in [-0.1, -0.05) is 6.07 Å². The minimum absolute atomic E-state index is 0.178. The molecule has 1 unspecified atom stereocenters. The maximum absolute atomic E-state index is 4.46. The Labute approximate surface area is 116 Å². The van der Waals surface area contributed by atoms with Crippen LogP contribution < -0.4 is 5.32 Å². The van der Waals surface area contributed by atoms with Crippen molar-refractivity contribution in [3.63, 3.8) is 0 Å². The van der Waals surface area contributed by atoms with Gasteiger partial charge in [-0.15, -0.1) is 0 Å². The van der Waals surface area contributed by atoms with E-state index in [1.54, 1.807) is 0 Å². The molecule has 4 heteroatoms. The molecule has 0 aromatic carbocycles. The second-order valence-electron chi connectivity index (χ2n) is 6.41. The molecule has 1 aliphatic rings. The van der Waals surface area contributed by atoms with Gasteiger partial charge >= 0.3 is 0 Å². The number of nitrogens with zero attached hydrogens (tertiary/aromatic N) is 3. The molecule has 0 saturated carbocycles. The molecule has 1 atom stereocenters. The first kappa shape index (κ1) is 14.4. The summed E-state index contributed by atoms with van der Waals surface area (Å²) in [5.41, 5.74) is 1.33. The molecular formula is C15H26N4. The fourth-order valence-electron chi connectivity index (χ4n) is 2.70. The van der Waals surface area contributed by atoms with Crippen molar-refractivity contribution in [2.75, 3.05) is 33.7 Å². The highest BCUT2D eigenvalue weighted by atomic mass is 15.3. The quantitative estimate of drug-likeness (QED) is 0.883. The lowest BCUT2D eigenvalue weighted by atomic mass is 9.98. The van der Waals surface area contributed by atoms with Crippen molar-refractivity contribution < 1.29 is 0 Å². The lowest BCUT2D eigenvalue weighted by Gasteiger charge is -2.45. The molecule has 1 aromatic heterocycles. The minimum Gasteiger partial charge on any atom is -0.309 e. The van der Waals surface area contributed by atoms with Gasteiger partial charge in [0.15, 0.2) is 0 Å². The molecule has 1 fully saturated rings. The van der Waals surface area contributed by atoms with Crippen molar-refractivity contribution in [3.05, 3.63) is 30.1 Å². The van der Waals surface area contributed by atoms with Crippen molar-refractivity contribution >= 4 is 0 Å². The number of rotatable bonds is 4. The van der Waals surface area contributed by atoms with Crippen LogP contribution in [0.4, 0.5) is 0 Å². The van der Waals surface area contributed by atoms with E-state index < -0.39 is 0 Å². The van der Waals surface area contributed by atoms with Crippen molar-refractivity contribution in [3.8, 4) is 0 Å². The predicted molar refractivity (Wildman–Crippen MR) is 79.1 cm³/mol. The Morgan fingerprint density at radius 2 is 2.21 bits per heavy atom. The van der Waals surface area contributed by atoms with Gasteiger partial charge in [0, 0.05) is 44.0 Å². The molecule has 1 aromatic rings. The van der Waals surface area contributed by atoms with Crippen LogP contribution >= 0.6 is 0 Å². The van der Waals surface area contributed by atoms with Crippen LogP contribution in [-0.4, -0.2) is 60.1 Å². The van der Waals surface area contributed by atoms with Gasteiger partial charge in [-0.2, -0.15) is 0 Å². The largest absolute Gasteiger partial charge is 0.309 e. The molecule has 0 radical (unpaired) electrons. The summed E-state index contributed by atoms with van der Waals surface area (Å²) in [5, 5.41) is 3.64. The van der Waals surface area contributed by atoms with Gasteiger partial charge in [-0.3, -0.25) is 9.88 Å². The monoisotopic (exact) mass is 262 g/mol. The normalized spacial score (nSPS) is 23.7. The van der Waals surface area contributed by atoms with Gasteiger partial charge < -0.3 is 10.2 Å². The van der Waals surface area contributed by atoms with E-state index in [9.17, 15) is 0 Å². The molecular weight excluding hydrogens is 236 g/mol. The van der Waals surface area contributed by atoms with E-state index in [4.69, 9.17) is 0 Å². The van der Waals surface area contributed by atoms with Gasteiger partial charge in [0.2, 0.25) is 0 Å². The second kappa shape index (κ2) is 5.99. The highest BCUT2D eigenvalue weighted by Crippen LogP contribution is 2.17. The zero-order valence-corrected chi connectivity index (χ0v) is 12.6. The predicted octanol–water partition coefficient (Wildman–Crippen LogP) is 1.20. The average Bonchev–Trinajstić information content (AvgIpc) is 2.33. The number of pyridine rings is 1. The molecule has 1 saturated heterocycles. The lowest BCUT2D eigenvalue weighted by molar-refractivity contribution is 0.0711. The molecule has 2 rings (SSSR count). The van der Waals surface area contributed by atoms with Crippen LogP contribution in [0.2, 0.25) is 0 Å². The topological polar surface area (TPSA) is 31.4 Å². The molecule has 106 valence electrons. The SMILES string of the molecule is CN(C)CC1CNC(C)(C)CN1Cc1ccccn1. The summed E-state index contributed by atoms with van der Waals surface area (Å²) in [6, 6.07) is 6.70. The molecule has 0 bridgehead atoms. The molecule has 4 nitrogen and oxygen atoms in total. The molecule has 1 N–H and O–H groups in total. The fraction of sp³-hybridized carbons (Fsp3) is 0.667. The average molecular weight is 262 g/mol. The van der Waals surface area contributed by atoms with Crippen molar-refractivity contribution in [1.29, 1.82) is 0 Å². The Balaban J connectivity index is 2.07. The van der Waals surface area contributed by atoms with Gasteiger partial charge in [0.05, 0.1) is 5.69 Å². The summed E-state index contributed by atoms with van der Waals surface area (Å²) in [6.45, 7) is 8.65. The Morgan fingerprint density at radius 3 is 2.84 bits per heavy atom. The van der Waals surface area contributed by atoms with E-state index in [1.165, 1.54) is 0 Å². The molecule has 2 heterocycles. The minimum atomic E-state index is 0.178. The first-order chi connectivity index (χ1) is 8.96. The van der Waals surface area contributed by atoms with Crippen molar-refractivity contribution in [2.45, 2.75) is 32.0 Å². The summed E-state index contributed by atoms with van der Waals surface area (Å²) in [6.07, 6.45) is 1.88. The number of nitrogens with one attached hydrogen (secondary N) is 1. The Kier molecular flexibility index (Phi) is 4.55. The molecule has 0 spiro atoms. The maximum atomic E-state index is 4.46.